The van der Waals surface area contributed by atoms with Gasteiger partial charge in [-0.15, -0.1) is 0 Å². The number of aromatic nitrogens is 2. The minimum Gasteiger partial charge on any atom is -0.480 e. The van der Waals surface area contributed by atoms with Crippen molar-refractivity contribution in [2.75, 3.05) is 0 Å². The Morgan fingerprint density at radius 1 is 1.44 bits per heavy atom. The number of carbonyl (C=O) groups excluding carboxylic acids is 1. The van der Waals surface area contributed by atoms with E-state index < -0.39 is 29.2 Å². The smallest absolute Gasteiger partial charge is 0.325 e. The molecule has 8 nitrogen and oxygen atoms in total. The second-order valence-corrected chi connectivity index (χ2v) is 3.02. The summed E-state index contributed by atoms with van der Waals surface area (Å²) in [5.41, 5.74) is -1.97. The number of aromatic amines is 2. The topological polar surface area (TPSA) is 132 Å². The third-order valence-corrected chi connectivity index (χ3v) is 1.78. The van der Waals surface area contributed by atoms with Crippen LogP contribution in [0.5, 0.6) is 0 Å². The fourth-order valence-corrected chi connectivity index (χ4v) is 0.915. The number of H-pyrrole nitrogens is 2. The quantitative estimate of drug-likeness (QED) is 0.487. The highest BCUT2D eigenvalue weighted by Gasteiger charge is 2.17. The molecule has 0 saturated heterocycles. The normalized spacial score (nSPS) is 11.8. The molecule has 1 atom stereocenters. The van der Waals surface area contributed by atoms with Crippen LogP contribution in [-0.2, 0) is 4.79 Å². The lowest BCUT2D eigenvalue weighted by atomic mass is 10.2. The van der Waals surface area contributed by atoms with E-state index in [1.165, 1.54) is 6.92 Å². The van der Waals surface area contributed by atoms with Crippen LogP contribution < -0.4 is 16.6 Å². The Morgan fingerprint density at radius 2 is 2.06 bits per heavy atom. The van der Waals surface area contributed by atoms with Gasteiger partial charge in [-0.3, -0.25) is 19.4 Å². The van der Waals surface area contributed by atoms with E-state index in [1.807, 2.05) is 4.98 Å². The molecule has 0 spiro atoms. The number of carbonyl (C=O) groups is 2. The molecular formula is C8H9N3O5. The number of hydrogen-bond acceptors (Lipinski definition) is 4. The van der Waals surface area contributed by atoms with Gasteiger partial charge in [0.25, 0.3) is 11.5 Å². The van der Waals surface area contributed by atoms with Gasteiger partial charge in [-0.1, -0.05) is 0 Å². The van der Waals surface area contributed by atoms with Gasteiger partial charge < -0.3 is 15.4 Å². The van der Waals surface area contributed by atoms with Crippen LogP contribution in [0.3, 0.4) is 0 Å². The molecule has 1 aromatic rings. The SMILES string of the molecule is C[C@@H](NC(=O)c1c[nH]c(=O)[nH]c1=O)C(=O)O. The number of carboxylic acid groups (broad SMARTS) is 1. The molecule has 0 radical (unpaired) electrons. The summed E-state index contributed by atoms with van der Waals surface area (Å²) in [4.78, 5) is 47.6. The van der Waals surface area contributed by atoms with Gasteiger partial charge in [-0.05, 0) is 6.92 Å². The first-order valence-corrected chi connectivity index (χ1v) is 4.27. The van der Waals surface area contributed by atoms with Crippen molar-refractivity contribution in [2.24, 2.45) is 0 Å². The van der Waals surface area contributed by atoms with E-state index in [1.54, 1.807) is 0 Å². The highest BCUT2D eigenvalue weighted by atomic mass is 16.4. The minimum absolute atomic E-state index is 0.354. The highest BCUT2D eigenvalue weighted by Crippen LogP contribution is 1.88. The Hall–Kier alpha value is -2.38. The van der Waals surface area contributed by atoms with Gasteiger partial charge >= 0.3 is 11.7 Å². The van der Waals surface area contributed by atoms with Crippen LogP contribution in [0.25, 0.3) is 0 Å². The highest BCUT2D eigenvalue weighted by molar-refractivity contribution is 5.95. The van der Waals surface area contributed by atoms with Crippen molar-refractivity contribution in [2.45, 2.75) is 13.0 Å². The summed E-state index contributed by atoms with van der Waals surface area (Å²) in [6, 6.07) is -1.13. The first-order valence-electron chi connectivity index (χ1n) is 4.27. The van der Waals surface area contributed by atoms with Crippen LogP contribution in [0.15, 0.2) is 15.8 Å². The fourth-order valence-electron chi connectivity index (χ4n) is 0.915. The molecular weight excluding hydrogens is 218 g/mol. The maximum absolute atomic E-state index is 11.4. The molecule has 8 heteroatoms. The molecule has 0 saturated carbocycles. The predicted octanol–water partition coefficient (Wildman–Crippen LogP) is -1.73. The van der Waals surface area contributed by atoms with Crippen molar-refractivity contribution in [3.63, 3.8) is 0 Å². The molecule has 1 aromatic heterocycles. The van der Waals surface area contributed by atoms with Gasteiger partial charge in [0, 0.05) is 6.20 Å². The van der Waals surface area contributed by atoms with Crippen LogP contribution in [0, 0.1) is 0 Å². The molecule has 86 valence electrons. The van der Waals surface area contributed by atoms with Crippen molar-refractivity contribution >= 4 is 11.9 Å². The van der Waals surface area contributed by atoms with Crippen molar-refractivity contribution < 1.29 is 14.7 Å². The molecule has 0 bridgehead atoms. The molecule has 4 N–H and O–H groups in total. The summed E-state index contributed by atoms with van der Waals surface area (Å²) < 4.78 is 0. The average molecular weight is 227 g/mol. The van der Waals surface area contributed by atoms with Crippen LogP contribution in [0.4, 0.5) is 0 Å². The summed E-state index contributed by atoms with van der Waals surface area (Å²) in [5, 5.41) is 10.6. The largest absolute Gasteiger partial charge is 0.480 e. The Kier molecular flexibility index (Phi) is 3.24. The van der Waals surface area contributed by atoms with Gasteiger partial charge in [0.15, 0.2) is 0 Å². The summed E-state index contributed by atoms with van der Waals surface area (Å²) in [5.74, 6) is -2.10. The number of hydrogen-bond donors (Lipinski definition) is 4. The lowest BCUT2D eigenvalue weighted by Crippen LogP contribution is -2.41. The van der Waals surface area contributed by atoms with E-state index in [0.29, 0.717) is 0 Å². The second-order valence-electron chi connectivity index (χ2n) is 3.02. The number of nitrogens with one attached hydrogen (secondary N) is 3. The third kappa shape index (κ3) is 2.56. The first-order chi connectivity index (χ1) is 7.41. The molecule has 0 aliphatic rings. The summed E-state index contributed by atoms with van der Waals surface area (Å²) in [6.45, 7) is 1.25. The predicted molar refractivity (Wildman–Crippen MR) is 52.2 cm³/mol. The Morgan fingerprint density at radius 3 is 2.56 bits per heavy atom. The van der Waals surface area contributed by atoms with Crippen molar-refractivity contribution in [1.29, 1.82) is 0 Å². The Balaban J connectivity index is 2.94. The van der Waals surface area contributed by atoms with E-state index in [0.717, 1.165) is 6.20 Å². The lowest BCUT2D eigenvalue weighted by molar-refractivity contribution is -0.138. The van der Waals surface area contributed by atoms with E-state index in [9.17, 15) is 19.2 Å². The standard InChI is InChI=1S/C8H9N3O5/c1-3(7(14)15)10-5(12)4-2-9-8(16)11-6(4)13/h2-3H,1H3,(H,10,12)(H,14,15)(H2,9,11,13,16)/t3-/m1/s1. The summed E-state index contributed by atoms with van der Waals surface area (Å²) in [7, 11) is 0. The van der Waals surface area contributed by atoms with Gasteiger partial charge in [0.2, 0.25) is 0 Å². The van der Waals surface area contributed by atoms with Gasteiger partial charge in [-0.2, -0.15) is 0 Å². The Labute approximate surface area is 88.3 Å². The van der Waals surface area contributed by atoms with Crippen LogP contribution in [-0.4, -0.2) is 33.0 Å². The molecule has 0 aliphatic carbocycles. The van der Waals surface area contributed by atoms with Crippen LogP contribution in [0.2, 0.25) is 0 Å². The minimum atomic E-state index is -1.23. The van der Waals surface area contributed by atoms with Crippen molar-refractivity contribution in [3.05, 3.63) is 32.6 Å². The summed E-state index contributed by atoms with van der Waals surface area (Å²) >= 11 is 0. The van der Waals surface area contributed by atoms with Gasteiger partial charge in [0.05, 0.1) is 0 Å². The monoisotopic (exact) mass is 227 g/mol. The van der Waals surface area contributed by atoms with Crippen molar-refractivity contribution in [3.8, 4) is 0 Å². The molecule has 1 rings (SSSR count). The van der Waals surface area contributed by atoms with Gasteiger partial charge in [-0.25, -0.2) is 4.79 Å². The third-order valence-electron chi connectivity index (χ3n) is 1.78. The second kappa shape index (κ2) is 4.43. The first kappa shape index (κ1) is 11.7. The summed E-state index contributed by atoms with van der Waals surface area (Å²) in [6.07, 6.45) is 0.922. The van der Waals surface area contributed by atoms with Crippen LogP contribution in [0.1, 0.15) is 17.3 Å². The molecule has 1 amide bonds. The fraction of sp³-hybridized carbons (Fsp3) is 0.250. The van der Waals surface area contributed by atoms with Crippen molar-refractivity contribution in [1.82, 2.24) is 15.3 Å². The lowest BCUT2D eigenvalue weighted by Gasteiger charge is -2.07. The zero-order valence-electron chi connectivity index (χ0n) is 8.23. The van der Waals surface area contributed by atoms with E-state index in [-0.39, 0.29) is 5.56 Å². The zero-order chi connectivity index (χ0) is 12.3. The molecule has 16 heavy (non-hydrogen) atoms. The number of carboxylic acids is 1. The Bertz CT molecular complexity index is 529. The van der Waals surface area contributed by atoms with Crippen LogP contribution >= 0.6 is 0 Å². The van der Waals surface area contributed by atoms with E-state index >= 15 is 0 Å². The maximum Gasteiger partial charge on any atom is 0.325 e. The maximum atomic E-state index is 11.4. The molecule has 1 heterocycles. The van der Waals surface area contributed by atoms with E-state index in [2.05, 4.69) is 10.3 Å². The van der Waals surface area contributed by atoms with E-state index in [4.69, 9.17) is 5.11 Å². The molecule has 0 fully saturated rings. The average Bonchev–Trinajstić information content (AvgIpc) is 2.16. The number of rotatable bonds is 3. The molecule has 0 aromatic carbocycles. The number of aliphatic carboxylic acids is 1. The zero-order valence-corrected chi connectivity index (χ0v) is 8.23. The number of amides is 1. The van der Waals surface area contributed by atoms with Gasteiger partial charge in [0.1, 0.15) is 11.6 Å². The molecule has 0 unspecified atom stereocenters. The molecule has 0 aliphatic heterocycles.